The molecule has 1 fully saturated rings. The Morgan fingerprint density at radius 1 is 1.29 bits per heavy atom. The zero-order chi connectivity index (χ0) is 17.7. The number of carbonyl (C=O) groups is 2. The summed E-state index contributed by atoms with van der Waals surface area (Å²) >= 11 is 0. The lowest BCUT2D eigenvalue weighted by Gasteiger charge is -2.32. The first-order chi connectivity index (χ1) is 11.4. The van der Waals surface area contributed by atoms with Crippen LogP contribution in [0.15, 0.2) is 24.3 Å². The zero-order valence-electron chi connectivity index (χ0n) is 13.8. The first kappa shape index (κ1) is 18.2. The number of halogens is 2. The smallest absolute Gasteiger partial charge is 0.387 e. The monoisotopic (exact) mass is 340 g/mol. The number of nitrogens with one attached hydrogen (secondary N) is 1. The normalized spacial score (nSPS) is 17.9. The van der Waals surface area contributed by atoms with Crippen LogP contribution in [0.2, 0.25) is 0 Å². The van der Waals surface area contributed by atoms with E-state index in [1.54, 1.807) is 6.07 Å². The molecule has 132 valence electrons. The molecule has 7 heteroatoms. The van der Waals surface area contributed by atoms with Crippen LogP contribution in [0.5, 0.6) is 5.75 Å². The second-order valence-corrected chi connectivity index (χ2v) is 6.13. The third-order valence-electron chi connectivity index (χ3n) is 3.84. The average molecular weight is 340 g/mol. The lowest BCUT2D eigenvalue weighted by Crippen LogP contribution is -2.46. The van der Waals surface area contributed by atoms with Gasteiger partial charge in [0.25, 0.3) is 5.91 Å². The highest BCUT2D eigenvalue weighted by molar-refractivity contribution is 5.97. The Labute approximate surface area is 140 Å². The molecule has 1 aromatic carbocycles. The van der Waals surface area contributed by atoms with E-state index >= 15 is 0 Å². The molecule has 0 aliphatic carbocycles. The Morgan fingerprint density at radius 3 is 2.67 bits per heavy atom. The molecule has 1 unspecified atom stereocenters. The van der Waals surface area contributed by atoms with Crippen molar-refractivity contribution in [3.8, 4) is 5.75 Å². The number of para-hydroxylation sites is 1. The third kappa shape index (κ3) is 4.66. The summed E-state index contributed by atoms with van der Waals surface area (Å²) in [5.74, 6) is -0.910. The van der Waals surface area contributed by atoms with Crippen molar-refractivity contribution in [2.24, 2.45) is 5.92 Å². The minimum absolute atomic E-state index is 0.0312. The number of rotatable bonds is 5. The van der Waals surface area contributed by atoms with Gasteiger partial charge in [-0.15, -0.1) is 0 Å². The van der Waals surface area contributed by atoms with Gasteiger partial charge in [0.15, 0.2) is 0 Å². The summed E-state index contributed by atoms with van der Waals surface area (Å²) in [6.07, 6.45) is 1.40. The van der Waals surface area contributed by atoms with Gasteiger partial charge in [-0.3, -0.25) is 9.59 Å². The van der Waals surface area contributed by atoms with Crippen LogP contribution in [-0.4, -0.2) is 42.5 Å². The molecule has 0 radical (unpaired) electrons. The molecule has 1 aliphatic heterocycles. The van der Waals surface area contributed by atoms with Gasteiger partial charge in [-0.05, 0) is 38.8 Å². The van der Waals surface area contributed by atoms with Gasteiger partial charge in [-0.1, -0.05) is 12.1 Å². The van der Waals surface area contributed by atoms with E-state index in [9.17, 15) is 18.4 Å². The number of carbonyl (C=O) groups excluding carboxylic acids is 2. The molecule has 1 aliphatic rings. The predicted octanol–water partition coefficient (Wildman–Crippen LogP) is 2.66. The van der Waals surface area contributed by atoms with Crippen LogP contribution < -0.4 is 10.1 Å². The fourth-order valence-electron chi connectivity index (χ4n) is 2.79. The number of likely N-dealkylation sites (tertiary alicyclic amines) is 1. The van der Waals surface area contributed by atoms with Crippen LogP contribution in [0.3, 0.4) is 0 Å². The van der Waals surface area contributed by atoms with Crippen molar-refractivity contribution in [1.82, 2.24) is 10.2 Å². The van der Waals surface area contributed by atoms with E-state index in [-0.39, 0.29) is 35.7 Å². The van der Waals surface area contributed by atoms with E-state index in [4.69, 9.17) is 0 Å². The number of hydrogen-bond acceptors (Lipinski definition) is 3. The minimum Gasteiger partial charge on any atom is -0.434 e. The SMILES string of the molecule is CC(C)NC(=O)C1CCCN(C(=O)c2ccccc2OC(F)F)C1. The molecule has 2 rings (SSSR count). The average Bonchev–Trinajstić information content (AvgIpc) is 2.53. The van der Waals surface area contributed by atoms with Gasteiger partial charge in [-0.2, -0.15) is 8.78 Å². The summed E-state index contributed by atoms with van der Waals surface area (Å²) in [4.78, 5) is 26.3. The summed E-state index contributed by atoms with van der Waals surface area (Å²) in [5.41, 5.74) is 0.0858. The highest BCUT2D eigenvalue weighted by Gasteiger charge is 2.30. The molecule has 2 amide bonds. The maximum Gasteiger partial charge on any atom is 0.387 e. The number of benzene rings is 1. The molecule has 5 nitrogen and oxygen atoms in total. The summed E-state index contributed by atoms with van der Waals surface area (Å²) in [7, 11) is 0. The summed E-state index contributed by atoms with van der Waals surface area (Å²) in [5, 5.41) is 2.85. The van der Waals surface area contributed by atoms with Gasteiger partial charge in [0.1, 0.15) is 5.75 Å². The fraction of sp³-hybridized carbons (Fsp3) is 0.529. The topological polar surface area (TPSA) is 58.6 Å². The largest absolute Gasteiger partial charge is 0.434 e. The Kier molecular flexibility index (Phi) is 6.11. The number of alkyl halides is 2. The molecule has 0 bridgehead atoms. The summed E-state index contributed by atoms with van der Waals surface area (Å²) in [6.45, 7) is 1.53. The van der Waals surface area contributed by atoms with E-state index < -0.39 is 12.5 Å². The van der Waals surface area contributed by atoms with E-state index in [2.05, 4.69) is 10.1 Å². The quantitative estimate of drug-likeness (QED) is 0.896. The first-order valence-electron chi connectivity index (χ1n) is 8.02. The standard InChI is InChI=1S/C17H22F2N2O3/c1-11(2)20-15(22)12-6-5-9-21(10-12)16(23)13-7-3-4-8-14(13)24-17(18)19/h3-4,7-8,11-12,17H,5-6,9-10H2,1-2H3,(H,20,22). The highest BCUT2D eigenvalue weighted by atomic mass is 19.3. The van der Waals surface area contributed by atoms with Crippen molar-refractivity contribution in [3.05, 3.63) is 29.8 Å². The Bertz CT molecular complexity index is 593. The molecule has 1 heterocycles. The van der Waals surface area contributed by atoms with Gasteiger partial charge in [0.2, 0.25) is 5.91 Å². The molecule has 24 heavy (non-hydrogen) atoms. The molecule has 0 aromatic heterocycles. The van der Waals surface area contributed by atoms with Crippen LogP contribution >= 0.6 is 0 Å². The van der Waals surface area contributed by atoms with Crippen LogP contribution in [0.4, 0.5) is 8.78 Å². The lowest BCUT2D eigenvalue weighted by molar-refractivity contribution is -0.126. The molecular formula is C17H22F2N2O3. The van der Waals surface area contributed by atoms with Crippen molar-refractivity contribution in [3.63, 3.8) is 0 Å². The van der Waals surface area contributed by atoms with E-state index in [1.165, 1.54) is 23.1 Å². The van der Waals surface area contributed by atoms with Crippen LogP contribution in [0, 0.1) is 5.92 Å². The number of piperidine rings is 1. The molecule has 0 spiro atoms. The molecule has 1 saturated heterocycles. The molecular weight excluding hydrogens is 318 g/mol. The Morgan fingerprint density at radius 2 is 2.00 bits per heavy atom. The van der Waals surface area contributed by atoms with Crippen molar-refractivity contribution in [1.29, 1.82) is 0 Å². The number of ether oxygens (including phenoxy) is 1. The zero-order valence-corrected chi connectivity index (χ0v) is 13.8. The molecule has 1 aromatic rings. The van der Waals surface area contributed by atoms with Gasteiger partial charge in [-0.25, -0.2) is 0 Å². The maximum absolute atomic E-state index is 12.7. The molecule has 0 saturated carbocycles. The highest BCUT2D eigenvalue weighted by Crippen LogP contribution is 2.25. The number of hydrogen-bond donors (Lipinski definition) is 1. The van der Waals surface area contributed by atoms with Crippen LogP contribution in [0.25, 0.3) is 0 Å². The lowest BCUT2D eigenvalue weighted by atomic mass is 9.96. The second-order valence-electron chi connectivity index (χ2n) is 6.13. The third-order valence-corrected chi connectivity index (χ3v) is 3.84. The summed E-state index contributed by atoms with van der Waals surface area (Å²) in [6, 6.07) is 5.95. The minimum atomic E-state index is -3.00. The second kappa shape index (κ2) is 8.08. The van der Waals surface area contributed by atoms with Crippen molar-refractivity contribution in [2.45, 2.75) is 39.3 Å². The van der Waals surface area contributed by atoms with Crippen molar-refractivity contribution < 1.29 is 23.1 Å². The van der Waals surface area contributed by atoms with E-state index in [0.29, 0.717) is 19.4 Å². The van der Waals surface area contributed by atoms with Gasteiger partial charge in [0.05, 0.1) is 11.5 Å². The Balaban J connectivity index is 2.11. The van der Waals surface area contributed by atoms with Crippen molar-refractivity contribution >= 4 is 11.8 Å². The van der Waals surface area contributed by atoms with Gasteiger partial charge in [0, 0.05) is 19.1 Å². The molecule has 1 N–H and O–H groups in total. The predicted molar refractivity (Wildman–Crippen MR) is 85.0 cm³/mol. The van der Waals surface area contributed by atoms with Crippen LogP contribution in [-0.2, 0) is 4.79 Å². The maximum atomic E-state index is 12.7. The van der Waals surface area contributed by atoms with E-state index in [1.807, 2.05) is 13.8 Å². The fourth-order valence-corrected chi connectivity index (χ4v) is 2.79. The van der Waals surface area contributed by atoms with Crippen LogP contribution in [0.1, 0.15) is 37.0 Å². The van der Waals surface area contributed by atoms with Gasteiger partial charge >= 0.3 is 6.61 Å². The van der Waals surface area contributed by atoms with Gasteiger partial charge < -0.3 is 15.0 Å². The number of nitrogens with zero attached hydrogens (tertiary/aromatic N) is 1. The first-order valence-corrected chi connectivity index (χ1v) is 8.02. The Hall–Kier alpha value is -2.18. The summed E-state index contributed by atoms with van der Waals surface area (Å²) < 4.78 is 29.4. The molecule has 1 atom stereocenters. The van der Waals surface area contributed by atoms with E-state index in [0.717, 1.165) is 0 Å². The number of amides is 2. The van der Waals surface area contributed by atoms with Crippen molar-refractivity contribution in [2.75, 3.05) is 13.1 Å².